The van der Waals surface area contributed by atoms with Crippen LogP contribution in [0.4, 0.5) is 4.39 Å². The summed E-state index contributed by atoms with van der Waals surface area (Å²) < 4.78 is 24.1. The summed E-state index contributed by atoms with van der Waals surface area (Å²) in [6.45, 7) is 9.16. The normalized spacial score (nSPS) is 17.5. The van der Waals surface area contributed by atoms with Crippen molar-refractivity contribution < 1.29 is 9.13 Å². The molecule has 0 amide bonds. The molecule has 1 aliphatic rings. The standard InChI is InChI=1S/C25H28FN3O/c1-15(2)22-13-20-17(4)25-18(14-28(27-25)24-7-5-6-10-30-24)12-23(20)29(22)19-8-9-21(26)16(3)11-19/h8-9,11-15,24H,5-7,10H2,1-4H3. The summed E-state index contributed by atoms with van der Waals surface area (Å²) in [6, 6.07) is 9.84. The molecule has 1 fully saturated rings. The van der Waals surface area contributed by atoms with Crippen molar-refractivity contribution in [2.45, 2.75) is 59.1 Å². The molecular weight excluding hydrogens is 377 g/mol. The molecule has 30 heavy (non-hydrogen) atoms. The Labute approximate surface area is 176 Å². The van der Waals surface area contributed by atoms with E-state index in [1.807, 2.05) is 23.7 Å². The number of rotatable bonds is 3. The first-order valence-electron chi connectivity index (χ1n) is 10.9. The van der Waals surface area contributed by atoms with Crippen LogP contribution in [0.1, 0.15) is 62.1 Å². The summed E-state index contributed by atoms with van der Waals surface area (Å²) in [6.07, 6.45) is 5.44. The molecule has 0 bridgehead atoms. The van der Waals surface area contributed by atoms with E-state index >= 15 is 0 Å². The average Bonchev–Trinajstić information content (AvgIpc) is 3.33. The van der Waals surface area contributed by atoms with Crippen LogP contribution in [0.25, 0.3) is 27.5 Å². The van der Waals surface area contributed by atoms with Crippen LogP contribution in [0.15, 0.2) is 36.5 Å². The highest BCUT2D eigenvalue weighted by atomic mass is 19.1. The van der Waals surface area contributed by atoms with Crippen LogP contribution < -0.4 is 0 Å². The molecule has 0 spiro atoms. The topological polar surface area (TPSA) is 32.0 Å². The molecule has 5 heteroatoms. The number of aryl methyl sites for hydroxylation is 2. The number of aromatic nitrogens is 3. The molecule has 4 aromatic rings. The van der Waals surface area contributed by atoms with Gasteiger partial charge in [-0.05, 0) is 80.5 Å². The molecule has 5 rings (SSSR count). The van der Waals surface area contributed by atoms with Crippen molar-refractivity contribution in [1.82, 2.24) is 14.3 Å². The van der Waals surface area contributed by atoms with E-state index in [9.17, 15) is 4.39 Å². The van der Waals surface area contributed by atoms with Gasteiger partial charge in [0.25, 0.3) is 0 Å². The van der Waals surface area contributed by atoms with Gasteiger partial charge in [0.1, 0.15) is 12.0 Å². The van der Waals surface area contributed by atoms with Crippen LogP contribution in [-0.2, 0) is 4.74 Å². The smallest absolute Gasteiger partial charge is 0.150 e. The Morgan fingerprint density at radius 1 is 1.13 bits per heavy atom. The van der Waals surface area contributed by atoms with Crippen molar-refractivity contribution in [3.63, 3.8) is 0 Å². The van der Waals surface area contributed by atoms with Crippen LogP contribution in [0, 0.1) is 19.7 Å². The van der Waals surface area contributed by atoms with Crippen molar-refractivity contribution in [2.75, 3.05) is 6.61 Å². The third kappa shape index (κ3) is 3.03. The molecule has 1 unspecified atom stereocenters. The Balaban J connectivity index is 1.74. The van der Waals surface area contributed by atoms with Crippen molar-refractivity contribution in [3.8, 4) is 5.69 Å². The highest BCUT2D eigenvalue weighted by Gasteiger charge is 2.21. The first-order chi connectivity index (χ1) is 14.4. The van der Waals surface area contributed by atoms with Crippen molar-refractivity contribution in [2.24, 2.45) is 0 Å². The Bertz CT molecular complexity index is 1240. The summed E-state index contributed by atoms with van der Waals surface area (Å²) in [7, 11) is 0. The lowest BCUT2D eigenvalue weighted by atomic mass is 10.1. The molecule has 0 saturated carbocycles. The maximum atomic E-state index is 13.9. The second kappa shape index (κ2) is 7.24. The Morgan fingerprint density at radius 3 is 2.67 bits per heavy atom. The van der Waals surface area contributed by atoms with E-state index in [0.717, 1.165) is 41.6 Å². The monoisotopic (exact) mass is 405 g/mol. The fourth-order valence-electron chi connectivity index (χ4n) is 4.63. The molecule has 156 valence electrons. The first kappa shape index (κ1) is 19.3. The van der Waals surface area contributed by atoms with Gasteiger partial charge in [0.15, 0.2) is 0 Å². The van der Waals surface area contributed by atoms with E-state index in [2.05, 4.69) is 43.7 Å². The highest BCUT2D eigenvalue weighted by Crippen LogP contribution is 2.35. The Hall–Kier alpha value is -2.66. The zero-order valence-corrected chi connectivity index (χ0v) is 18.1. The minimum atomic E-state index is -0.173. The van der Waals surface area contributed by atoms with Gasteiger partial charge >= 0.3 is 0 Å². The van der Waals surface area contributed by atoms with Gasteiger partial charge in [-0.1, -0.05) is 13.8 Å². The lowest BCUT2D eigenvalue weighted by Gasteiger charge is -2.22. The van der Waals surface area contributed by atoms with Gasteiger partial charge in [-0.25, -0.2) is 9.07 Å². The zero-order chi connectivity index (χ0) is 21.0. The number of ether oxygens (including phenoxy) is 1. The van der Waals surface area contributed by atoms with Gasteiger partial charge in [0.2, 0.25) is 0 Å². The van der Waals surface area contributed by atoms with E-state index < -0.39 is 0 Å². The van der Waals surface area contributed by atoms with Crippen molar-refractivity contribution in [3.05, 3.63) is 59.2 Å². The number of nitrogens with zero attached hydrogens (tertiary/aromatic N) is 3. The number of hydrogen-bond donors (Lipinski definition) is 0. The second-order valence-electron chi connectivity index (χ2n) is 8.80. The molecule has 0 radical (unpaired) electrons. The van der Waals surface area contributed by atoms with Crippen molar-refractivity contribution >= 4 is 21.8 Å². The third-order valence-electron chi connectivity index (χ3n) is 6.32. The molecule has 1 aliphatic heterocycles. The van der Waals surface area contributed by atoms with E-state index in [4.69, 9.17) is 9.84 Å². The van der Waals surface area contributed by atoms with Gasteiger partial charge in [-0.15, -0.1) is 0 Å². The first-order valence-corrected chi connectivity index (χ1v) is 10.9. The number of fused-ring (bicyclic) bond motifs is 2. The number of halogens is 1. The maximum Gasteiger partial charge on any atom is 0.150 e. The van der Waals surface area contributed by atoms with E-state index in [0.29, 0.717) is 11.5 Å². The van der Waals surface area contributed by atoms with Gasteiger partial charge in [0.05, 0.1) is 11.0 Å². The quantitative estimate of drug-likeness (QED) is 0.387. The molecule has 2 aromatic carbocycles. The highest BCUT2D eigenvalue weighted by molar-refractivity contribution is 6.00. The maximum absolute atomic E-state index is 13.9. The minimum Gasteiger partial charge on any atom is -0.357 e. The Kier molecular flexibility index (Phi) is 4.66. The van der Waals surface area contributed by atoms with E-state index in [-0.39, 0.29) is 12.0 Å². The zero-order valence-electron chi connectivity index (χ0n) is 18.1. The molecule has 0 aliphatic carbocycles. The lowest BCUT2D eigenvalue weighted by molar-refractivity contribution is -0.0390. The van der Waals surface area contributed by atoms with Crippen LogP contribution in [-0.4, -0.2) is 21.0 Å². The van der Waals surface area contributed by atoms with Crippen LogP contribution in [0.2, 0.25) is 0 Å². The predicted molar refractivity (Wildman–Crippen MR) is 119 cm³/mol. The molecule has 2 aromatic heterocycles. The van der Waals surface area contributed by atoms with Crippen LogP contribution in [0.3, 0.4) is 0 Å². The van der Waals surface area contributed by atoms with Crippen molar-refractivity contribution in [1.29, 1.82) is 0 Å². The summed E-state index contributed by atoms with van der Waals surface area (Å²) >= 11 is 0. The largest absolute Gasteiger partial charge is 0.357 e. The van der Waals surface area contributed by atoms with Crippen LogP contribution >= 0.6 is 0 Å². The van der Waals surface area contributed by atoms with Gasteiger partial charge in [-0.3, -0.25) is 0 Å². The van der Waals surface area contributed by atoms with E-state index in [1.165, 1.54) is 23.1 Å². The SMILES string of the molecule is Cc1cc(-n2c(C(C)C)cc3c(C)c4nn(C5CCCCO5)cc4cc32)ccc1F. The molecular formula is C25H28FN3O. The fraction of sp³-hybridized carbons (Fsp3) is 0.400. The van der Waals surface area contributed by atoms with Gasteiger partial charge in [0, 0.05) is 35.0 Å². The van der Waals surface area contributed by atoms with Gasteiger partial charge < -0.3 is 9.30 Å². The molecule has 3 heterocycles. The van der Waals surface area contributed by atoms with E-state index in [1.54, 1.807) is 6.07 Å². The summed E-state index contributed by atoms with van der Waals surface area (Å²) in [5.74, 6) is 0.165. The molecule has 4 nitrogen and oxygen atoms in total. The van der Waals surface area contributed by atoms with Gasteiger partial charge in [-0.2, -0.15) is 5.10 Å². The third-order valence-corrected chi connectivity index (χ3v) is 6.32. The molecule has 1 saturated heterocycles. The number of benzene rings is 2. The fourth-order valence-corrected chi connectivity index (χ4v) is 4.63. The Morgan fingerprint density at radius 2 is 1.97 bits per heavy atom. The lowest BCUT2D eigenvalue weighted by Crippen LogP contribution is -2.18. The van der Waals surface area contributed by atoms with Crippen LogP contribution in [0.5, 0.6) is 0 Å². The molecule has 0 N–H and O–H groups in total. The second-order valence-corrected chi connectivity index (χ2v) is 8.80. The summed E-state index contributed by atoms with van der Waals surface area (Å²) in [4.78, 5) is 0. The predicted octanol–water partition coefficient (Wildman–Crippen LogP) is 6.56. The summed E-state index contributed by atoms with van der Waals surface area (Å²) in [5, 5.41) is 7.21. The number of hydrogen-bond acceptors (Lipinski definition) is 2. The average molecular weight is 406 g/mol. The summed E-state index contributed by atoms with van der Waals surface area (Å²) in [5.41, 5.74) is 6.21. The minimum absolute atomic E-state index is 0.0259. The molecule has 1 atom stereocenters.